The van der Waals surface area contributed by atoms with Gasteiger partial charge in [0, 0.05) is 5.48 Å². The van der Waals surface area contributed by atoms with Crippen LogP contribution in [-0.2, 0) is 4.79 Å². The van der Waals surface area contributed by atoms with E-state index in [1.807, 2.05) is 0 Å². The summed E-state index contributed by atoms with van der Waals surface area (Å²) in [5, 5.41) is 8.39. The van der Waals surface area contributed by atoms with Gasteiger partial charge in [0.15, 0.2) is 0 Å². The van der Waals surface area contributed by atoms with E-state index >= 15 is 0 Å². The van der Waals surface area contributed by atoms with Crippen LogP contribution >= 0.6 is 0 Å². The molecule has 0 aromatic rings. The first-order valence-corrected chi connectivity index (χ1v) is 2.09. The number of nitrogens with two attached hydrogens (primary N) is 1. The van der Waals surface area contributed by atoms with Gasteiger partial charge in [0.1, 0.15) is 6.04 Å². The van der Waals surface area contributed by atoms with Crippen LogP contribution in [0.15, 0.2) is 0 Å². The molecule has 0 saturated carbocycles. The van der Waals surface area contributed by atoms with Crippen molar-refractivity contribution in [1.29, 1.82) is 0 Å². The number of rotatable bonds is 2. The van der Waals surface area contributed by atoms with Crippen molar-refractivity contribution in [2.75, 3.05) is 0 Å². The van der Waals surface area contributed by atoms with E-state index in [0.29, 0.717) is 0 Å². The molecule has 3 N–H and O–H groups in total. The number of carboxylic acids is 1. The molecule has 0 fully saturated rings. The van der Waals surface area contributed by atoms with Crippen molar-refractivity contribution in [2.24, 2.45) is 11.6 Å². The van der Waals surface area contributed by atoms with Gasteiger partial charge in [0.05, 0.1) is 0 Å². The minimum absolute atomic E-state index is 0.985. The van der Waals surface area contributed by atoms with Crippen molar-refractivity contribution in [3.05, 3.63) is 0 Å². The summed E-state index contributed by atoms with van der Waals surface area (Å²) >= 11 is 0. The maximum absolute atomic E-state index is 10.3. The van der Waals surface area contributed by atoms with Crippen LogP contribution in [0.4, 0.5) is 0 Å². The summed E-state index contributed by atoms with van der Waals surface area (Å²) in [4.78, 5) is 10.3. The molecule has 0 radical (unpaired) electrons. The van der Waals surface area contributed by atoms with Gasteiger partial charge in [-0.25, -0.2) is 0 Å². The normalized spacial score (nSPS) is 30.2. The highest BCUT2D eigenvalue weighted by molar-refractivity contribution is 5.73. The van der Waals surface area contributed by atoms with Crippen LogP contribution in [-0.4, -0.2) is 17.1 Å². The molecule has 0 aromatic heterocycles. The van der Waals surface area contributed by atoms with E-state index < -0.39 is 24.8 Å². The summed E-state index contributed by atoms with van der Waals surface area (Å²) in [7, 11) is 0. The lowest BCUT2D eigenvalue weighted by Gasteiger charge is -2.07. The highest BCUT2D eigenvalue weighted by Crippen LogP contribution is 1.96. The minimum atomic E-state index is -2.69. The Bertz CT molecular complexity index is 188. The molecule has 0 rings (SSSR count). The van der Waals surface area contributed by atoms with Gasteiger partial charge in [-0.05, 0) is 5.89 Å². The second-order valence-corrected chi connectivity index (χ2v) is 1.50. The fourth-order valence-electron chi connectivity index (χ4n) is 0.185. The molecule has 3 nitrogen and oxygen atoms in total. The molecule has 0 aromatic carbocycles. The summed E-state index contributed by atoms with van der Waals surface area (Å²) in [6.45, 7) is -1.70. The summed E-state index contributed by atoms with van der Waals surface area (Å²) < 4.78 is 27.8. The lowest BCUT2D eigenvalue weighted by atomic mass is 10.8. The highest BCUT2D eigenvalue weighted by Gasteiger charge is 2.14. The Morgan fingerprint density at radius 1 is 2.12 bits per heavy atom. The molecular formula is C5H11NO2. The van der Waals surface area contributed by atoms with Crippen molar-refractivity contribution in [3.63, 3.8) is 0 Å². The Balaban J connectivity index is 4.73. The third kappa shape index (κ3) is 1.93. The third-order valence-corrected chi connectivity index (χ3v) is 0.733. The Labute approximate surface area is 54.1 Å². The topological polar surface area (TPSA) is 63.3 Å². The zero-order valence-corrected chi connectivity index (χ0v) is 4.51. The SMILES string of the molecule is [2H][12C]([2H])([2H])[13C@@]([2H])(C)[13C@H]([15NH2])[13C](=O)O. The molecule has 0 unspecified atom stereocenters. The predicted octanol–water partition coefficient (Wildman–Crippen LogP) is 0.0543. The van der Waals surface area contributed by atoms with Gasteiger partial charge in [-0.1, -0.05) is 13.8 Å². The van der Waals surface area contributed by atoms with E-state index in [-0.39, 0.29) is 0 Å². The monoisotopic (exact) mass is 125 g/mol. The second-order valence-electron chi connectivity index (χ2n) is 1.50. The quantitative estimate of drug-likeness (QED) is 0.405. The van der Waals surface area contributed by atoms with E-state index in [4.69, 9.17) is 16.3 Å². The summed E-state index contributed by atoms with van der Waals surface area (Å²) in [6, 6.07) is -1.70. The Morgan fingerprint density at radius 3 is 2.75 bits per heavy atom. The van der Waals surface area contributed by atoms with Gasteiger partial charge in [-0.15, -0.1) is 0 Å². The van der Waals surface area contributed by atoms with Gasteiger partial charge < -0.3 is 10.8 Å². The fourth-order valence-corrected chi connectivity index (χ4v) is 0.185. The highest BCUT2D eigenvalue weighted by atomic mass is 16.5. The largest absolute Gasteiger partial charge is 0.480 e. The van der Waals surface area contributed by atoms with Crippen molar-refractivity contribution >= 4 is 5.97 Å². The average molecular weight is 125 g/mol. The lowest BCUT2D eigenvalue weighted by Crippen LogP contribution is -2.34. The van der Waals surface area contributed by atoms with Crippen LogP contribution in [0.2, 0.25) is 0 Å². The van der Waals surface area contributed by atoms with Crippen LogP contribution in [0.3, 0.4) is 0 Å². The van der Waals surface area contributed by atoms with E-state index in [1.165, 1.54) is 0 Å². The molecule has 0 aliphatic carbocycles. The minimum Gasteiger partial charge on any atom is -0.480 e. The third-order valence-electron chi connectivity index (χ3n) is 0.733. The Kier molecular flexibility index (Phi) is 0.942. The molecule has 0 spiro atoms. The molecule has 48 valence electrons. The first-order chi connectivity index (χ1) is 5.10. The van der Waals surface area contributed by atoms with Crippen molar-refractivity contribution in [2.45, 2.75) is 19.8 Å². The number of carbonyl (C=O) groups is 1. The predicted molar refractivity (Wildman–Crippen MR) is 30.4 cm³/mol. The van der Waals surface area contributed by atoms with E-state index in [1.54, 1.807) is 0 Å². The van der Waals surface area contributed by atoms with Crippen LogP contribution in [0.5, 0.6) is 0 Å². The maximum atomic E-state index is 10.3. The Morgan fingerprint density at radius 2 is 2.62 bits per heavy atom. The van der Waals surface area contributed by atoms with Crippen molar-refractivity contribution in [1.82, 2.24) is 0 Å². The molecule has 8 heavy (non-hydrogen) atoms. The number of aliphatic carboxylic acids is 1. The van der Waals surface area contributed by atoms with Gasteiger partial charge in [-0.3, -0.25) is 4.79 Å². The molecule has 0 aliphatic rings. The molecule has 3 heteroatoms. The fraction of sp³-hybridized carbons (Fsp3) is 0.800. The van der Waals surface area contributed by atoms with Gasteiger partial charge >= 0.3 is 5.97 Å². The molecule has 0 amide bonds. The molecule has 0 bridgehead atoms. The molecule has 0 saturated heterocycles. The number of hydrogen-bond donors (Lipinski definition) is 2. The zero-order chi connectivity index (χ0) is 10.2. The van der Waals surface area contributed by atoms with Gasteiger partial charge in [0.2, 0.25) is 0 Å². The standard InChI is InChI=1S/C5H11NO2/c1-3(2)4(6)5(7)8/h3-4H,6H2,1-2H3,(H,7,8)/t4-/m0/s1/i1+0D3,3+1D,4+1,5+1,6+1/t3-,4-. The van der Waals surface area contributed by atoms with Crippen LogP contribution < -0.4 is 5.73 Å². The Hall–Kier alpha value is -0.570. The molecular weight excluding hydrogens is 110 g/mol. The second kappa shape index (κ2) is 2.67. The van der Waals surface area contributed by atoms with Crippen LogP contribution in [0, 0.1) is 5.89 Å². The van der Waals surface area contributed by atoms with Crippen molar-refractivity contribution < 1.29 is 15.4 Å². The van der Waals surface area contributed by atoms with E-state index in [9.17, 15) is 4.79 Å². The first kappa shape index (κ1) is 2.82. The zero-order valence-electron chi connectivity index (χ0n) is 8.51. The molecule has 0 heterocycles. The van der Waals surface area contributed by atoms with Gasteiger partial charge in [0.25, 0.3) is 0 Å². The summed E-state index contributed by atoms with van der Waals surface area (Å²) in [5.74, 6) is -3.64. The molecule has 0 aliphatic heterocycles. The summed E-state index contributed by atoms with van der Waals surface area (Å²) in [6.07, 6.45) is 0. The number of carboxylic acid groups (broad SMARTS) is 1. The van der Waals surface area contributed by atoms with Gasteiger partial charge in [-0.2, -0.15) is 0 Å². The van der Waals surface area contributed by atoms with Crippen LogP contribution in [0.25, 0.3) is 0 Å². The van der Waals surface area contributed by atoms with E-state index in [0.717, 1.165) is 6.92 Å². The average Bonchev–Trinajstić information content (AvgIpc) is 1.83. The number of hydrogen-bond acceptors (Lipinski definition) is 2. The van der Waals surface area contributed by atoms with Crippen molar-refractivity contribution in [3.8, 4) is 0 Å². The smallest absolute Gasteiger partial charge is 0.320 e. The van der Waals surface area contributed by atoms with Crippen LogP contribution in [0.1, 0.15) is 19.3 Å². The maximum Gasteiger partial charge on any atom is 0.320 e. The molecule has 2 atom stereocenters. The first-order valence-electron chi connectivity index (χ1n) is 4.09. The van der Waals surface area contributed by atoms with E-state index in [2.05, 4.69) is 0 Å². The summed E-state index contributed by atoms with van der Waals surface area (Å²) in [5.41, 5.74) is 5.03. The lowest BCUT2D eigenvalue weighted by molar-refractivity contribution is -0.139.